The summed E-state index contributed by atoms with van der Waals surface area (Å²) in [5.41, 5.74) is 2.23. The summed E-state index contributed by atoms with van der Waals surface area (Å²) >= 11 is 0. The van der Waals surface area contributed by atoms with Crippen molar-refractivity contribution >= 4 is 32.5 Å². The lowest BCUT2D eigenvalue weighted by atomic mass is 10.1. The Morgan fingerprint density at radius 1 is 1.08 bits per heavy atom. The third-order valence-electron chi connectivity index (χ3n) is 4.25. The largest absolute Gasteiger partial charge is 0.350 e. The topological polar surface area (TPSA) is 71.4 Å². The van der Waals surface area contributed by atoms with E-state index in [9.17, 15) is 13.2 Å². The van der Waals surface area contributed by atoms with E-state index in [1.54, 1.807) is 18.2 Å². The molecule has 3 rings (SSSR count). The van der Waals surface area contributed by atoms with Crippen LogP contribution in [0.15, 0.2) is 59.6 Å². The van der Waals surface area contributed by atoms with Crippen LogP contribution in [0, 0.1) is 0 Å². The summed E-state index contributed by atoms with van der Waals surface area (Å²) in [7, 11) is 1.22. The molecule has 1 amide bonds. The van der Waals surface area contributed by atoms with Gasteiger partial charge in [0.25, 0.3) is 0 Å². The maximum absolute atomic E-state index is 12.6. The highest BCUT2D eigenvalue weighted by Gasteiger charge is 2.22. The molecule has 0 radical (unpaired) electrons. The minimum Gasteiger partial charge on any atom is -0.350 e. The van der Waals surface area contributed by atoms with Gasteiger partial charge in [-0.2, -0.15) is 0 Å². The number of carbonyl (C=O) groups excluding carboxylic acids is 1. The van der Waals surface area contributed by atoms with Crippen molar-refractivity contribution in [3.8, 4) is 0 Å². The Bertz CT molecular complexity index is 1070. The summed E-state index contributed by atoms with van der Waals surface area (Å²) in [6.07, 6.45) is 2.09. The molecule has 0 unspecified atom stereocenters. The average Bonchev–Trinajstić information content (AvgIpc) is 2.91. The number of aryl methyl sites for hydroxylation is 1. The SMILES string of the molecule is CN(C)S(=O)(=O)c1ccccc1NC(=O)Cc1cn(C)c2ccccc12. The van der Waals surface area contributed by atoms with E-state index in [1.807, 2.05) is 42.1 Å². The van der Waals surface area contributed by atoms with Crippen molar-refractivity contribution < 1.29 is 13.2 Å². The molecule has 6 nitrogen and oxygen atoms in total. The van der Waals surface area contributed by atoms with Crippen LogP contribution in [0.1, 0.15) is 5.56 Å². The molecule has 2 aromatic carbocycles. The lowest BCUT2D eigenvalue weighted by Crippen LogP contribution is -2.24. The van der Waals surface area contributed by atoms with E-state index in [4.69, 9.17) is 0 Å². The number of carbonyl (C=O) groups is 1. The van der Waals surface area contributed by atoms with Gasteiger partial charge in [0.15, 0.2) is 0 Å². The third-order valence-corrected chi connectivity index (χ3v) is 6.12. The number of para-hydroxylation sites is 2. The Balaban J connectivity index is 1.88. The fourth-order valence-corrected chi connectivity index (χ4v) is 3.97. The number of nitrogens with zero attached hydrogens (tertiary/aromatic N) is 2. The summed E-state index contributed by atoms with van der Waals surface area (Å²) < 4.78 is 28.0. The van der Waals surface area contributed by atoms with E-state index in [0.717, 1.165) is 20.8 Å². The molecule has 0 aliphatic carbocycles. The molecule has 0 spiro atoms. The lowest BCUT2D eigenvalue weighted by molar-refractivity contribution is -0.115. The molecule has 0 fully saturated rings. The van der Waals surface area contributed by atoms with Gasteiger partial charge in [-0.25, -0.2) is 12.7 Å². The molecule has 3 aromatic rings. The summed E-state index contributed by atoms with van der Waals surface area (Å²) in [4.78, 5) is 12.6. The van der Waals surface area contributed by atoms with Crippen molar-refractivity contribution in [3.63, 3.8) is 0 Å². The van der Waals surface area contributed by atoms with Crippen molar-refractivity contribution in [2.45, 2.75) is 11.3 Å². The zero-order valence-electron chi connectivity index (χ0n) is 14.9. The summed E-state index contributed by atoms with van der Waals surface area (Å²) in [5.74, 6) is -0.261. The Hall–Kier alpha value is -2.64. The average molecular weight is 371 g/mol. The van der Waals surface area contributed by atoms with E-state index in [0.29, 0.717) is 0 Å². The number of nitrogens with one attached hydrogen (secondary N) is 1. The van der Waals surface area contributed by atoms with Gasteiger partial charge in [-0.1, -0.05) is 30.3 Å². The van der Waals surface area contributed by atoms with Crippen LogP contribution in [0.25, 0.3) is 10.9 Å². The predicted molar refractivity (Wildman–Crippen MR) is 103 cm³/mol. The highest BCUT2D eigenvalue weighted by molar-refractivity contribution is 7.89. The maximum atomic E-state index is 12.6. The number of fused-ring (bicyclic) bond motifs is 1. The fraction of sp³-hybridized carbons (Fsp3) is 0.211. The second kappa shape index (κ2) is 6.93. The Kier molecular flexibility index (Phi) is 4.84. The second-order valence-corrected chi connectivity index (χ2v) is 8.41. The summed E-state index contributed by atoms with van der Waals surface area (Å²) in [6.45, 7) is 0. The van der Waals surface area contributed by atoms with Crippen LogP contribution < -0.4 is 5.32 Å². The molecule has 0 bridgehead atoms. The smallest absolute Gasteiger partial charge is 0.244 e. The van der Waals surface area contributed by atoms with Gasteiger partial charge in [0.05, 0.1) is 12.1 Å². The predicted octanol–water partition coefficient (Wildman–Crippen LogP) is 2.61. The van der Waals surface area contributed by atoms with E-state index < -0.39 is 10.0 Å². The van der Waals surface area contributed by atoms with Gasteiger partial charge in [0, 0.05) is 38.2 Å². The minimum absolute atomic E-state index is 0.0799. The van der Waals surface area contributed by atoms with Crippen LogP contribution in [0.3, 0.4) is 0 Å². The Morgan fingerprint density at radius 2 is 1.73 bits per heavy atom. The van der Waals surface area contributed by atoms with Gasteiger partial charge < -0.3 is 9.88 Å². The number of anilines is 1. The molecular weight excluding hydrogens is 350 g/mol. The van der Waals surface area contributed by atoms with E-state index >= 15 is 0 Å². The number of amides is 1. The third kappa shape index (κ3) is 3.36. The van der Waals surface area contributed by atoms with E-state index in [-0.39, 0.29) is 22.9 Å². The van der Waals surface area contributed by atoms with Crippen molar-refractivity contribution in [1.29, 1.82) is 0 Å². The van der Waals surface area contributed by atoms with Crippen molar-refractivity contribution in [3.05, 3.63) is 60.3 Å². The molecule has 0 aliphatic rings. The van der Waals surface area contributed by atoms with Crippen molar-refractivity contribution in [1.82, 2.24) is 8.87 Å². The van der Waals surface area contributed by atoms with Gasteiger partial charge in [-0.15, -0.1) is 0 Å². The number of hydrogen-bond acceptors (Lipinski definition) is 3. The van der Waals surface area contributed by atoms with Crippen molar-refractivity contribution in [2.75, 3.05) is 19.4 Å². The monoisotopic (exact) mass is 371 g/mol. The van der Waals surface area contributed by atoms with Crippen LogP contribution in [-0.2, 0) is 28.3 Å². The first-order valence-electron chi connectivity index (χ1n) is 8.15. The van der Waals surface area contributed by atoms with Crippen molar-refractivity contribution in [2.24, 2.45) is 7.05 Å². The molecule has 0 atom stereocenters. The quantitative estimate of drug-likeness (QED) is 0.749. The maximum Gasteiger partial charge on any atom is 0.244 e. The van der Waals surface area contributed by atoms with Gasteiger partial charge in [0.2, 0.25) is 15.9 Å². The van der Waals surface area contributed by atoms with Gasteiger partial charge in [-0.3, -0.25) is 4.79 Å². The first kappa shape index (κ1) is 18.2. The van der Waals surface area contributed by atoms with Gasteiger partial charge >= 0.3 is 0 Å². The lowest BCUT2D eigenvalue weighted by Gasteiger charge is -2.15. The molecule has 136 valence electrons. The fourth-order valence-electron chi connectivity index (χ4n) is 2.93. The molecule has 26 heavy (non-hydrogen) atoms. The van der Waals surface area contributed by atoms with Crippen LogP contribution in [0.2, 0.25) is 0 Å². The number of benzene rings is 2. The number of aromatic nitrogens is 1. The normalized spacial score (nSPS) is 11.8. The van der Waals surface area contributed by atoms with E-state index in [1.165, 1.54) is 20.2 Å². The zero-order chi connectivity index (χ0) is 18.9. The molecule has 0 aliphatic heterocycles. The molecule has 1 aromatic heterocycles. The number of rotatable bonds is 5. The molecule has 7 heteroatoms. The number of sulfonamides is 1. The van der Waals surface area contributed by atoms with Crippen LogP contribution in [-0.4, -0.2) is 37.3 Å². The summed E-state index contributed by atoms with van der Waals surface area (Å²) in [6, 6.07) is 14.3. The summed E-state index contributed by atoms with van der Waals surface area (Å²) in [5, 5.41) is 3.75. The molecule has 1 N–H and O–H groups in total. The number of hydrogen-bond donors (Lipinski definition) is 1. The van der Waals surface area contributed by atoms with Crippen LogP contribution in [0.4, 0.5) is 5.69 Å². The standard InChI is InChI=1S/C19H21N3O3S/c1-21(2)26(24,25)18-11-7-5-9-16(18)20-19(23)12-14-13-22(3)17-10-6-4-8-15(14)17/h4-11,13H,12H2,1-3H3,(H,20,23). The Labute approximate surface area is 153 Å². The molecular formula is C19H21N3O3S. The van der Waals surface area contributed by atoms with Gasteiger partial charge in [0.1, 0.15) is 4.90 Å². The highest BCUT2D eigenvalue weighted by atomic mass is 32.2. The molecule has 0 saturated heterocycles. The zero-order valence-corrected chi connectivity index (χ0v) is 15.7. The second-order valence-electron chi connectivity index (χ2n) is 6.29. The molecule has 0 saturated carbocycles. The van der Waals surface area contributed by atoms with Gasteiger partial charge in [-0.05, 0) is 23.8 Å². The van der Waals surface area contributed by atoms with Crippen LogP contribution >= 0.6 is 0 Å². The van der Waals surface area contributed by atoms with E-state index in [2.05, 4.69) is 5.32 Å². The first-order valence-corrected chi connectivity index (χ1v) is 9.59. The Morgan fingerprint density at radius 3 is 2.46 bits per heavy atom. The van der Waals surface area contributed by atoms with Crippen LogP contribution in [0.5, 0.6) is 0 Å². The highest BCUT2D eigenvalue weighted by Crippen LogP contribution is 2.24. The minimum atomic E-state index is -3.64. The first-order chi connectivity index (χ1) is 12.3. The molecule has 1 heterocycles.